The van der Waals surface area contributed by atoms with Gasteiger partial charge in [0.15, 0.2) is 5.11 Å². The minimum absolute atomic E-state index is 0.146. The highest BCUT2D eigenvalue weighted by molar-refractivity contribution is 14.1. The zero-order valence-electron chi connectivity index (χ0n) is 9.87. The summed E-state index contributed by atoms with van der Waals surface area (Å²) in [7, 11) is 0. The van der Waals surface area contributed by atoms with E-state index in [1.807, 2.05) is 36.9 Å². The fourth-order valence-corrected chi connectivity index (χ4v) is 2.38. The number of hydrogen-bond donors (Lipinski definition) is 1. The van der Waals surface area contributed by atoms with Crippen molar-refractivity contribution < 1.29 is 4.79 Å². The first-order valence-electron chi connectivity index (χ1n) is 5.44. The summed E-state index contributed by atoms with van der Waals surface area (Å²) < 4.78 is 0.921. The standard InChI is InChI=1S/C12H15IN2OS/c1-3-15(4-2)12(17)14-11(16)9-7-5-6-8-10(9)13/h5-8H,3-4H2,1-2H3,(H,14,16,17). The first-order valence-corrected chi connectivity index (χ1v) is 6.93. The fraction of sp³-hybridized carbons (Fsp3) is 0.333. The second-order valence-corrected chi connectivity index (χ2v) is 4.96. The number of rotatable bonds is 3. The summed E-state index contributed by atoms with van der Waals surface area (Å²) in [4.78, 5) is 13.9. The van der Waals surface area contributed by atoms with Gasteiger partial charge in [0.05, 0.1) is 5.56 Å². The Morgan fingerprint density at radius 3 is 2.47 bits per heavy atom. The number of benzene rings is 1. The Morgan fingerprint density at radius 2 is 1.94 bits per heavy atom. The molecule has 3 nitrogen and oxygen atoms in total. The van der Waals surface area contributed by atoms with Gasteiger partial charge < -0.3 is 4.90 Å². The molecule has 0 radical (unpaired) electrons. The van der Waals surface area contributed by atoms with E-state index in [-0.39, 0.29) is 5.91 Å². The van der Waals surface area contributed by atoms with Crippen LogP contribution < -0.4 is 5.32 Å². The molecule has 17 heavy (non-hydrogen) atoms. The van der Waals surface area contributed by atoms with E-state index in [0.717, 1.165) is 16.7 Å². The molecule has 0 saturated heterocycles. The van der Waals surface area contributed by atoms with E-state index < -0.39 is 0 Å². The van der Waals surface area contributed by atoms with Crippen LogP contribution in [0, 0.1) is 3.57 Å². The van der Waals surface area contributed by atoms with Crippen LogP contribution in [0.1, 0.15) is 24.2 Å². The average molecular weight is 362 g/mol. The van der Waals surface area contributed by atoms with Crippen molar-refractivity contribution in [2.24, 2.45) is 0 Å². The second kappa shape index (κ2) is 6.90. The highest BCUT2D eigenvalue weighted by atomic mass is 127. The lowest BCUT2D eigenvalue weighted by Gasteiger charge is -2.21. The first kappa shape index (κ1) is 14.4. The molecule has 0 fully saturated rings. The molecule has 1 rings (SSSR count). The molecule has 0 aromatic heterocycles. The molecule has 92 valence electrons. The summed E-state index contributed by atoms with van der Waals surface area (Å²) in [6.07, 6.45) is 0. The monoisotopic (exact) mass is 362 g/mol. The highest BCUT2D eigenvalue weighted by Gasteiger charge is 2.13. The Bertz CT molecular complexity index is 419. The number of nitrogens with zero attached hydrogens (tertiary/aromatic N) is 1. The third-order valence-electron chi connectivity index (χ3n) is 2.39. The fourth-order valence-electron chi connectivity index (χ4n) is 1.40. The first-order chi connectivity index (χ1) is 8.10. The van der Waals surface area contributed by atoms with Crippen LogP contribution in [0.5, 0.6) is 0 Å². The number of carbonyl (C=O) groups is 1. The maximum absolute atomic E-state index is 12.0. The molecule has 0 aliphatic rings. The van der Waals surface area contributed by atoms with Crippen LogP contribution in [-0.2, 0) is 0 Å². The molecule has 0 saturated carbocycles. The lowest BCUT2D eigenvalue weighted by molar-refractivity contribution is 0.0972. The second-order valence-electron chi connectivity index (χ2n) is 3.41. The highest BCUT2D eigenvalue weighted by Crippen LogP contribution is 2.11. The normalized spacial score (nSPS) is 9.82. The van der Waals surface area contributed by atoms with Gasteiger partial charge in [-0.1, -0.05) is 12.1 Å². The van der Waals surface area contributed by atoms with Gasteiger partial charge in [-0.25, -0.2) is 0 Å². The van der Waals surface area contributed by atoms with Crippen LogP contribution in [0.25, 0.3) is 0 Å². The van der Waals surface area contributed by atoms with Gasteiger partial charge in [0.25, 0.3) is 5.91 Å². The van der Waals surface area contributed by atoms with E-state index in [2.05, 4.69) is 27.9 Å². The molecule has 0 atom stereocenters. The summed E-state index contributed by atoms with van der Waals surface area (Å²) in [5, 5.41) is 3.24. The van der Waals surface area contributed by atoms with Crippen molar-refractivity contribution in [3.8, 4) is 0 Å². The number of thiocarbonyl (C=S) groups is 1. The summed E-state index contributed by atoms with van der Waals surface area (Å²) in [5.74, 6) is -0.146. The molecular weight excluding hydrogens is 347 g/mol. The van der Waals surface area contributed by atoms with Gasteiger partial charge in [-0.2, -0.15) is 0 Å². The van der Waals surface area contributed by atoms with Crippen LogP contribution in [0.2, 0.25) is 0 Å². The van der Waals surface area contributed by atoms with Gasteiger partial charge in [-0.15, -0.1) is 0 Å². The molecule has 1 aromatic rings. The Balaban J connectivity index is 2.73. The summed E-state index contributed by atoms with van der Waals surface area (Å²) in [6.45, 7) is 5.60. The number of amides is 1. The Kier molecular flexibility index (Phi) is 5.84. The average Bonchev–Trinajstić information content (AvgIpc) is 2.31. The van der Waals surface area contributed by atoms with Gasteiger partial charge >= 0.3 is 0 Å². The van der Waals surface area contributed by atoms with Gasteiger partial charge in [-0.3, -0.25) is 10.1 Å². The minimum atomic E-state index is -0.146. The van der Waals surface area contributed by atoms with Crippen molar-refractivity contribution >= 4 is 45.8 Å². The van der Waals surface area contributed by atoms with Gasteiger partial charge in [0.2, 0.25) is 0 Å². The van der Waals surface area contributed by atoms with E-state index in [4.69, 9.17) is 12.2 Å². The molecule has 0 aliphatic heterocycles. The predicted molar refractivity (Wildman–Crippen MR) is 82.1 cm³/mol. The third-order valence-corrected chi connectivity index (χ3v) is 3.69. The van der Waals surface area contributed by atoms with E-state index in [9.17, 15) is 4.79 Å². The predicted octanol–water partition coefficient (Wildman–Crippen LogP) is 2.65. The quantitative estimate of drug-likeness (QED) is 0.663. The molecule has 0 bridgehead atoms. The lowest BCUT2D eigenvalue weighted by Crippen LogP contribution is -2.42. The van der Waals surface area contributed by atoms with Crippen molar-refractivity contribution in [3.05, 3.63) is 33.4 Å². The van der Waals surface area contributed by atoms with E-state index in [1.54, 1.807) is 6.07 Å². The molecule has 5 heteroatoms. The topological polar surface area (TPSA) is 32.3 Å². The van der Waals surface area contributed by atoms with Crippen LogP contribution in [0.3, 0.4) is 0 Å². The summed E-state index contributed by atoms with van der Waals surface area (Å²) in [6, 6.07) is 7.44. The van der Waals surface area contributed by atoms with Gasteiger partial charge in [0, 0.05) is 16.7 Å². The third kappa shape index (κ3) is 3.92. The minimum Gasteiger partial charge on any atom is -0.350 e. The van der Waals surface area contributed by atoms with Crippen LogP contribution in [0.4, 0.5) is 0 Å². The zero-order valence-corrected chi connectivity index (χ0v) is 12.8. The van der Waals surface area contributed by atoms with Crippen LogP contribution in [0.15, 0.2) is 24.3 Å². The molecule has 0 spiro atoms. The van der Waals surface area contributed by atoms with Crippen molar-refractivity contribution in [1.82, 2.24) is 10.2 Å². The number of nitrogens with one attached hydrogen (secondary N) is 1. The Morgan fingerprint density at radius 1 is 1.35 bits per heavy atom. The van der Waals surface area contributed by atoms with Crippen molar-refractivity contribution in [2.45, 2.75) is 13.8 Å². The van der Waals surface area contributed by atoms with Gasteiger partial charge in [0.1, 0.15) is 0 Å². The van der Waals surface area contributed by atoms with E-state index >= 15 is 0 Å². The smallest absolute Gasteiger partial charge is 0.258 e. The molecule has 0 heterocycles. The van der Waals surface area contributed by atoms with Crippen LogP contribution >= 0.6 is 34.8 Å². The SMILES string of the molecule is CCN(CC)C(=S)NC(=O)c1ccccc1I. The van der Waals surface area contributed by atoms with Crippen molar-refractivity contribution in [1.29, 1.82) is 0 Å². The summed E-state index contributed by atoms with van der Waals surface area (Å²) in [5.41, 5.74) is 0.655. The summed E-state index contributed by atoms with van der Waals surface area (Å²) >= 11 is 7.33. The van der Waals surface area contributed by atoms with Crippen molar-refractivity contribution in [2.75, 3.05) is 13.1 Å². The molecule has 1 aromatic carbocycles. The molecule has 1 amide bonds. The lowest BCUT2D eigenvalue weighted by atomic mass is 10.2. The number of carbonyl (C=O) groups excluding carboxylic acids is 1. The van der Waals surface area contributed by atoms with Crippen molar-refractivity contribution in [3.63, 3.8) is 0 Å². The molecule has 0 unspecified atom stereocenters. The molecular formula is C12H15IN2OS. The Labute approximate surface area is 121 Å². The maximum atomic E-state index is 12.0. The van der Waals surface area contributed by atoms with Crippen LogP contribution in [-0.4, -0.2) is 29.0 Å². The Hall–Kier alpha value is -0.690. The molecule has 0 aliphatic carbocycles. The van der Waals surface area contributed by atoms with E-state index in [0.29, 0.717) is 10.7 Å². The largest absolute Gasteiger partial charge is 0.350 e. The van der Waals surface area contributed by atoms with E-state index in [1.165, 1.54) is 0 Å². The zero-order chi connectivity index (χ0) is 12.8. The van der Waals surface area contributed by atoms with Gasteiger partial charge in [-0.05, 0) is 60.8 Å². The number of hydrogen-bond acceptors (Lipinski definition) is 2. The maximum Gasteiger partial charge on any atom is 0.258 e. The number of halogens is 1. The molecule has 1 N–H and O–H groups in total.